The Kier molecular flexibility index (Phi) is 8.81. The molecule has 1 aliphatic rings. The number of ether oxygens (including phenoxy) is 2. The van der Waals surface area contributed by atoms with Gasteiger partial charge in [0.05, 0.1) is 12.5 Å². The molecule has 218 valence electrons. The minimum absolute atomic E-state index is 0.172. The third-order valence-electron chi connectivity index (χ3n) is 6.18. The molecule has 17 heteroatoms. The van der Waals surface area contributed by atoms with Gasteiger partial charge in [-0.3, -0.25) is 10.1 Å². The number of alkyl halides is 3. The predicted molar refractivity (Wildman–Crippen MR) is 143 cm³/mol. The van der Waals surface area contributed by atoms with E-state index in [1.165, 1.54) is 36.7 Å². The molecule has 0 saturated carbocycles. The van der Waals surface area contributed by atoms with E-state index < -0.39 is 68.4 Å². The lowest BCUT2D eigenvalue weighted by molar-refractivity contribution is -0.0496. The van der Waals surface area contributed by atoms with Crippen molar-refractivity contribution in [2.45, 2.75) is 16.5 Å². The van der Waals surface area contributed by atoms with Crippen LogP contribution >= 0.6 is 28.1 Å². The molecule has 2 aromatic carbocycles. The highest BCUT2D eigenvalue weighted by atomic mass is 79.9. The quantitative estimate of drug-likeness (QED) is 0.295. The van der Waals surface area contributed by atoms with Crippen molar-refractivity contribution in [3.8, 4) is 0 Å². The summed E-state index contributed by atoms with van der Waals surface area (Å²) in [6.07, 6.45) is 2.35. The van der Waals surface area contributed by atoms with Crippen LogP contribution < -0.4 is 10.6 Å². The number of imidazole rings is 1. The number of hydrogen-bond acceptors (Lipinski definition) is 8. The highest BCUT2D eigenvalue weighted by Gasteiger charge is 2.63. The number of amides is 1. The Hall–Kier alpha value is -3.41. The van der Waals surface area contributed by atoms with Gasteiger partial charge in [-0.05, 0) is 42.5 Å². The maximum absolute atomic E-state index is 15.4. The Balaban J connectivity index is 1.79. The summed E-state index contributed by atoms with van der Waals surface area (Å²) in [6.45, 7) is -1.89. The summed E-state index contributed by atoms with van der Waals surface area (Å²) in [4.78, 5) is 28.9. The summed E-state index contributed by atoms with van der Waals surface area (Å²) in [5.74, 6) is -3.62. The van der Waals surface area contributed by atoms with Crippen molar-refractivity contribution in [2.75, 3.05) is 13.2 Å². The number of carbonyl (C=O) groups is 2. The standard InChI is InChI=1S/C24H19BrF4N4O6S2/c25-15-6-7-18(26)16(10-15)23(32-21(40)31-19(34)14-4-2-1-3-5-14)12-39-20(41(36,37)24(27,28)29)17(23)11-38-22(35)33-9-8-30-13-33/h1-10,13,17,20H,11-12H2,(H2,31,32,34,40)/t17-,20+,23-/m0/s1. The average molecular weight is 679 g/mol. The number of benzene rings is 2. The van der Waals surface area contributed by atoms with Gasteiger partial charge in [0, 0.05) is 28.0 Å². The SMILES string of the molecule is O=C(NC(=S)N[C@]1(c2cc(Br)ccc2F)CO[C@H](S(=O)(=O)C(F)(F)F)[C@@H]1COC(=O)n1ccnc1)c1ccccc1. The predicted octanol–water partition coefficient (Wildman–Crippen LogP) is 3.88. The lowest BCUT2D eigenvalue weighted by Crippen LogP contribution is -2.58. The van der Waals surface area contributed by atoms with Crippen LogP contribution in [0.1, 0.15) is 15.9 Å². The summed E-state index contributed by atoms with van der Waals surface area (Å²) in [5, 5.41) is 4.47. The molecule has 0 aliphatic carbocycles. The van der Waals surface area contributed by atoms with Crippen LogP contribution in [0.25, 0.3) is 0 Å². The fourth-order valence-electron chi connectivity index (χ4n) is 4.24. The molecule has 2 N–H and O–H groups in total. The van der Waals surface area contributed by atoms with Gasteiger partial charge in [0.1, 0.15) is 24.3 Å². The molecular weight excluding hydrogens is 660 g/mol. The number of nitrogens with one attached hydrogen (secondary N) is 2. The number of hydrogen-bond donors (Lipinski definition) is 2. The van der Waals surface area contributed by atoms with Crippen LogP contribution in [0.3, 0.4) is 0 Å². The zero-order chi connectivity index (χ0) is 30.0. The molecule has 0 spiro atoms. The second kappa shape index (κ2) is 11.8. The van der Waals surface area contributed by atoms with Crippen molar-refractivity contribution >= 4 is 55.1 Å². The van der Waals surface area contributed by atoms with E-state index in [2.05, 4.69) is 31.5 Å². The molecule has 10 nitrogen and oxygen atoms in total. The zero-order valence-electron chi connectivity index (χ0n) is 20.5. The van der Waals surface area contributed by atoms with Gasteiger partial charge in [-0.1, -0.05) is 34.1 Å². The largest absolute Gasteiger partial charge is 0.499 e. The molecule has 41 heavy (non-hydrogen) atoms. The van der Waals surface area contributed by atoms with Crippen molar-refractivity contribution in [3.63, 3.8) is 0 Å². The molecule has 0 bridgehead atoms. The van der Waals surface area contributed by atoms with E-state index >= 15 is 4.39 Å². The lowest BCUT2D eigenvalue weighted by Gasteiger charge is -2.37. The van der Waals surface area contributed by atoms with E-state index in [0.29, 0.717) is 0 Å². The average Bonchev–Trinajstić information content (AvgIpc) is 3.58. The highest BCUT2D eigenvalue weighted by Crippen LogP contribution is 2.46. The van der Waals surface area contributed by atoms with Gasteiger partial charge in [-0.2, -0.15) is 13.2 Å². The number of aromatic nitrogens is 2. The monoisotopic (exact) mass is 678 g/mol. The first-order valence-electron chi connectivity index (χ1n) is 11.5. The van der Waals surface area contributed by atoms with Crippen molar-refractivity contribution in [1.82, 2.24) is 20.2 Å². The topological polar surface area (TPSA) is 129 Å². The zero-order valence-corrected chi connectivity index (χ0v) is 23.7. The molecule has 0 unspecified atom stereocenters. The van der Waals surface area contributed by atoms with E-state index in [9.17, 15) is 31.2 Å². The Bertz CT molecular complexity index is 1560. The molecular formula is C24H19BrF4N4O6S2. The van der Waals surface area contributed by atoms with Gasteiger partial charge in [-0.15, -0.1) is 0 Å². The number of sulfone groups is 1. The van der Waals surface area contributed by atoms with Crippen LogP contribution in [0.15, 0.2) is 71.7 Å². The molecule has 1 aliphatic heterocycles. The van der Waals surface area contributed by atoms with Crippen LogP contribution in [0.4, 0.5) is 22.4 Å². The molecule has 3 atom stereocenters. The van der Waals surface area contributed by atoms with E-state index in [1.54, 1.807) is 18.2 Å². The third-order valence-corrected chi connectivity index (χ3v) is 8.59. The van der Waals surface area contributed by atoms with E-state index in [-0.39, 0.29) is 15.6 Å². The summed E-state index contributed by atoms with van der Waals surface area (Å²) >= 11 is 8.42. The first-order chi connectivity index (χ1) is 19.3. The Morgan fingerprint density at radius 1 is 1.22 bits per heavy atom. The maximum Gasteiger partial charge on any atom is 0.499 e. The minimum Gasteiger partial charge on any atom is -0.448 e. The van der Waals surface area contributed by atoms with Crippen molar-refractivity contribution < 1.29 is 45.0 Å². The first-order valence-corrected chi connectivity index (χ1v) is 14.2. The number of rotatable bonds is 6. The normalized spacial score (nSPS) is 20.8. The van der Waals surface area contributed by atoms with Crippen LogP contribution in [-0.2, 0) is 24.8 Å². The van der Waals surface area contributed by atoms with Gasteiger partial charge >= 0.3 is 11.6 Å². The fraction of sp³-hybridized carbons (Fsp3) is 0.250. The van der Waals surface area contributed by atoms with Crippen LogP contribution in [0.2, 0.25) is 0 Å². The number of thiocarbonyl (C=S) groups is 1. The fourth-order valence-corrected chi connectivity index (χ4v) is 6.13. The van der Waals surface area contributed by atoms with Crippen molar-refractivity contribution in [2.24, 2.45) is 5.92 Å². The smallest absolute Gasteiger partial charge is 0.448 e. The minimum atomic E-state index is -6.07. The second-order valence-corrected chi connectivity index (χ2v) is 12.0. The van der Waals surface area contributed by atoms with Crippen LogP contribution in [-0.4, -0.2) is 59.2 Å². The van der Waals surface area contributed by atoms with Gasteiger partial charge < -0.3 is 14.8 Å². The van der Waals surface area contributed by atoms with E-state index in [4.69, 9.17) is 21.7 Å². The molecule has 1 saturated heterocycles. The Morgan fingerprint density at radius 2 is 1.93 bits per heavy atom. The van der Waals surface area contributed by atoms with Crippen molar-refractivity contribution in [3.05, 3.63) is 88.7 Å². The molecule has 1 amide bonds. The summed E-state index contributed by atoms with van der Waals surface area (Å²) in [7, 11) is -6.07. The number of nitrogens with zero attached hydrogens (tertiary/aromatic N) is 2. The van der Waals surface area contributed by atoms with Crippen molar-refractivity contribution in [1.29, 1.82) is 0 Å². The molecule has 4 rings (SSSR count). The summed E-state index contributed by atoms with van der Waals surface area (Å²) in [6, 6.07) is 11.2. The molecule has 0 radical (unpaired) electrons. The van der Waals surface area contributed by atoms with Gasteiger partial charge in [0.25, 0.3) is 15.7 Å². The van der Waals surface area contributed by atoms with E-state index in [0.717, 1.165) is 17.0 Å². The second-order valence-electron chi connectivity index (χ2n) is 8.69. The van der Waals surface area contributed by atoms with Gasteiger partial charge in [0.15, 0.2) is 10.5 Å². The third kappa shape index (κ3) is 6.27. The Labute approximate surface area is 244 Å². The number of halogens is 5. The summed E-state index contributed by atoms with van der Waals surface area (Å²) < 4.78 is 93.3. The van der Waals surface area contributed by atoms with Crippen LogP contribution in [0.5, 0.6) is 0 Å². The van der Waals surface area contributed by atoms with Crippen LogP contribution in [0, 0.1) is 11.7 Å². The number of carbonyl (C=O) groups excluding carboxylic acids is 2. The highest BCUT2D eigenvalue weighted by molar-refractivity contribution is 9.10. The van der Waals surface area contributed by atoms with E-state index in [1.807, 2.05) is 0 Å². The molecule has 3 aromatic rings. The first kappa shape index (κ1) is 30.5. The molecule has 2 heterocycles. The van der Waals surface area contributed by atoms with Gasteiger partial charge in [-0.25, -0.2) is 27.2 Å². The lowest BCUT2D eigenvalue weighted by atomic mass is 9.80. The maximum atomic E-state index is 15.4. The Morgan fingerprint density at radius 3 is 2.56 bits per heavy atom. The summed E-state index contributed by atoms with van der Waals surface area (Å²) in [5.41, 5.74) is -10.8. The van der Waals surface area contributed by atoms with Gasteiger partial charge in [0.2, 0.25) is 0 Å². The molecule has 1 fully saturated rings. The molecule has 1 aromatic heterocycles.